The van der Waals surface area contributed by atoms with Crippen molar-refractivity contribution in [2.75, 3.05) is 6.61 Å². The van der Waals surface area contributed by atoms with Gasteiger partial charge in [0, 0.05) is 12.3 Å². The van der Waals surface area contributed by atoms with Gasteiger partial charge in [0.05, 0.1) is 23.5 Å². The summed E-state index contributed by atoms with van der Waals surface area (Å²) in [6.07, 6.45) is 5.51. The van der Waals surface area contributed by atoms with Gasteiger partial charge in [0.2, 0.25) is 6.29 Å². The Morgan fingerprint density at radius 3 is 2.40 bits per heavy atom. The Labute approximate surface area is 182 Å². The second-order valence-electron chi connectivity index (χ2n) is 10.4. The molecule has 1 saturated carbocycles. The quantitative estimate of drug-likeness (QED) is 0.571. The molecule has 6 atom stereocenters. The van der Waals surface area contributed by atoms with Crippen LogP contribution >= 0.6 is 0 Å². The lowest BCUT2D eigenvalue weighted by molar-refractivity contribution is -0.198. The minimum atomic E-state index is -0.893. The predicted molar refractivity (Wildman–Crippen MR) is 115 cm³/mol. The Morgan fingerprint density at radius 1 is 1.13 bits per heavy atom. The Morgan fingerprint density at radius 2 is 1.83 bits per heavy atom. The van der Waals surface area contributed by atoms with E-state index in [4.69, 9.17) is 14.2 Å². The van der Waals surface area contributed by atoms with Crippen LogP contribution in [0.5, 0.6) is 0 Å². The molecule has 0 aromatic heterocycles. The van der Waals surface area contributed by atoms with Crippen LogP contribution in [0.3, 0.4) is 0 Å². The number of hydrogen-bond donors (Lipinski definition) is 1. The molecule has 6 unspecified atom stereocenters. The fourth-order valence-electron chi connectivity index (χ4n) is 4.73. The molecule has 2 fully saturated rings. The second-order valence-corrected chi connectivity index (χ2v) is 10.4. The van der Waals surface area contributed by atoms with Crippen LogP contribution < -0.4 is 0 Å². The third-order valence-electron chi connectivity index (χ3n) is 7.04. The van der Waals surface area contributed by atoms with Gasteiger partial charge in [-0.15, -0.1) is 0 Å². The van der Waals surface area contributed by atoms with Crippen LogP contribution in [-0.2, 0) is 23.8 Å². The maximum absolute atomic E-state index is 12.9. The molecule has 6 heteroatoms. The number of ether oxygens (including phenoxy) is 3. The highest BCUT2D eigenvalue weighted by Crippen LogP contribution is 2.39. The number of carbonyl (C=O) groups excluding carboxylic acids is 2. The van der Waals surface area contributed by atoms with E-state index >= 15 is 0 Å². The Hall–Kier alpha value is -1.14. The van der Waals surface area contributed by atoms with Gasteiger partial charge in [-0.25, -0.2) is 0 Å². The largest absolute Gasteiger partial charge is 0.462 e. The molecule has 0 amide bonds. The number of hydrogen-bond acceptors (Lipinski definition) is 6. The predicted octanol–water partition coefficient (Wildman–Crippen LogP) is 4.62. The fourth-order valence-corrected chi connectivity index (χ4v) is 4.73. The van der Waals surface area contributed by atoms with Gasteiger partial charge in [-0.1, -0.05) is 27.2 Å². The van der Waals surface area contributed by atoms with Crippen molar-refractivity contribution in [1.82, 2.24) is 0 Å². The molecule has 0 spiro atoms. The van der Waals surface area contributed by atoms with Gasteiger partial charge in [-0.05, 0) is 65.2 Å². The van der Waals surface area contributed by atoms with Crippen molar-refractivity contribution in [1.29, 1.82) is 0 Å². The highest BCUT2D eigenvalue weighted by Gasteiger charge is 2.42. The van der Waals surface area contributed by atoms with Crippen molar-refractivity contribution in [3.63, 3.8) is 0 Å². The summed E-state index contributed by atoms with van der Waals surface area (Å²) in [4.78, 5) is 25.8. The van der Waals surface area contributed by atoms with Gasteiger partial charge < -0.3 is 19.3 Å². The van der Waals surface area contributed by atoms with Crippen LogP contribution in [0.1, 0.15) is 92.9 Å². The normalized spacial score (nSPS) is 30.8. The minimum absolute atomic E-state index is 0.0733. The molecule has 1 saturated heterocycles. The van der Waals surface area contributed by atoms with E-state index in [1.54, 1.807) is 13.8 Å². The maximum Gasteiger partial charge on any atom is 0.314 e. The summed E-state index contributed by atoms with van der Waals surface area (Å²) in [7, 11) is 0. The first-order valence-electron chi connectivity index (χ1n) is 11.7. The van der Waals surface area contributed by atoms with E-state index in [0.717, 1.165) is 38.5 Å². The van der Waals surface area contributed by atoms with Crippen molar-refractivity contribution in [3.05, 3.63) is 0 Å². The molecule has 1 aliphatic carbocycles. The summed E-state index contributed by atoms with van der Waals surface area (Å²) < 4.78 is 17.1. The average molecular weight is 427 g/mol. The average Bonchev–Trinajstić information content (AvgIpc) is 2.67. The zero-order valence-corrected chi connectivity index (χ0v) is 19.7. The fraction of sp³-hybridized carbons (Fsp3) is 0.917. The molecule has 174 valence electrons. The summed E-state index contributed by atoms with van der Waals surface area (Å²) in [5.41, 5.74) is -1.66. The van der Waals surface area contributed by atoms with Crippen LogP contribution in [0.2, 0.25) is 0 Å². The topological polar surface area (TPSA) is 82.1 Å². The first-order valence-corrected chi connectivity index (χ1v) is 11.7. The van der Waals surface area contributed by atoms with Crippen LogP contribution in [0.4, 0.5) is 0 Å². The van der Waals surface area contributed by atoms with E-state index < -0.39 is 23.2 Å². The maximum atomic E-state index is 12.9. The minimum Gasteiger partial charge on any atom is -0.462 e. The smallest absolute Gasteiger partial charge is 0.314 e. The molecule has 0 bridgehead atoms. The van der Waals surface area contributed by atoms with Gasteiger partial charge in [0.25, 0.3) is 0 Å². The Bertz CT molecular complexity index is 577. The zero-order valence-electron chi connectivity index (χ0n) is 19.7. The number of esters is 2. The zero-order chi connectivity index (χ0) is 22.5. The van der Waals surface area contributed by atoms with Gasteiger partial charge in [-0.2, -0.15) is 0 Å². The lowest BCUT2D eigenvalue weighted by Gasteiger charge is -2.41. The van der Waals surface area contributed by atoms with Gasteiger partial charge in [0.15, 0.2) is 0 Å². The molecule has 1 heterocycles. The van der Waals surface area contributed by atoms with E-state index in [1.165, 1.54) is 0 Å². The van der Waals surface area contributed by atoms with Gasteiger partial charge in [0.1, 0.15) is 6.10 Å². The van der Waals surface area contributed by atoms with Crippen LogP contribution in [0.25, 0.3) is 0 Å². The van der Waals surface area contributed by atoms with E-state index in [-0.39, 0.29) is 24.0 Å². The highest BCUT2D eigenvalue weighted by atomic mass is 16.7. The summed E-state index contributed by atoms with van der Waals surface area (Å²) in [6.45, 7) is 11.9. The summed E-state index contributed by atoms with van der Waals surface area (Å²) in [5, 5.41) is 10.5. The summed E-state index contributed by atoms with van der Waals surface area (Å²) >= 11 is 0. The third kappa shape index (κ3) is 6.68. The molecular weight excluding hydrogens is 384 g/mol. The Kier molecular flexibility index (Phi) is 8.75. The number of rotatable bonds is 8. The third-order valence-corrected chi connectivity index (χ3v) is 7.04. The monoisotopic (exact) mass is 426 g/mol. The molecule has 2 aliphatic rings. The van der Waals surface area contributed by atoms with Gasteiger partial charge in [-0.3, -0.25) is 9.59 Å². The van der Waals surface area contributed by atoms with E-state index in [9.17, 15) is 14.7 Å². The molecule has 1 aliphatic heterocycles. The van der Waals surface area contributed by atoms with Crippen LogP contribution in [0, 0.1) is 23.2 Å². The van der Waals surface area contributed by atoms with Crippen molar-refractivity contribution in [2.45, 2.75) is 111 Å². The summed E-state index contributed by atoms with van der Waals surface area (Å²) in [5.74, 6) is -0.657. The van der Waals surface area contributed by atoms with Crippen LogP contribution in [-0.4, -0.2) is 41.6 Å². The molecule has 2 rings (SSSR count). The lowest BCUT2D eigenvalue weighted by atomic mass is 9.73. The van der Waals surface area contributed by atoms with Crippen molar-refractivity contribution < 1.29 is 28.9 Å². The van der Waals surface area contributed by atoms with E-state index in [1.807, 2.05) is 20.8 Å². The molecule has 6 nitrogen and oxygen atoms in total. The summed E-state index contributed by atoms with van der Waals surface area (Å²) in [6, 6.07) is 0. The second kappa shape index (κ2) is 10.4. The molecule has 1 N–H and O–H groups in total. The number of carbonyl (C=O) groups is 2. The molecular formula is C24H42O6. The van der Waals surface area contributed by atoms with Crippen molar-refractivity contribution in [3.8, 4) is 0 Å². The lowest BCUT2D eigenvalue weighted by Crippen LogP contribution is -2.45. The van der Waals surface area contributed by atoms with E-state index in [0.29, 0.717) is 25.4 Å². The molecule has 0 radical (unpaired) electrons. The molecule has 0 aromatic carbocycles. The Balaban J connectivity index is 1.98. The SMILES string of the molecule is CCC(C)(CC(C)C(=O)OC1CC(C)CCC1C(C)(C)O)C(=O)OC1CCCCO1. The first-order chi connectivity index (χ1) is 14.0. The van der Waals surface area contributed by atoms with Crippen LogP contribution in [0.15, 0.2) is 0 Å². The first kappa shape index (κ1) is 25.1. The van der Waals surface area contributed by atoms with E-state index in [2.05, 4.69) is 6.92 Å². The highest BCUT2D eigenvalue weighted by molar-refractivity contribution is 5.78. The number of aliphatic hydroxyl groups is 1. The molecule has 0 aromatic rings. The van der Waals surface area contributed by atoms with Crippen molar-refractivity contribution in [2.24, 2.45) is 23.2 Å². The van der Waals surface area contributed by atoms with Crippen molar-refractivity contribution >= 4 is 11.9 Å². The van der Waals surface area contributed by atoms with Gasteiger partial charge >= 0.3 is 11.9 Å². The molecule has 30 heavy (non-hydrogen) atoms. The standard InChI is InChI=1S/C24H42O6/c1-7-24(6,22(26)30-20-10-8-9-13-28-20)15-17(3)21(25)29-19-14-16(2)11-12-18(19)23(4,5)27/h16-20,27H,7-15H2,1-6H3.